The summed E-state index contributed by atoms with van der Waals surface area (Å²) >= 11 is 0. The predicted molar refractivity (Wildman–Crippen MR) is 82.6 cm³/mol. The lowest BCUT2D eigenvalue weighted by Crippen LogP contribution is -2.07. The molecule has 2 aromatic carbocycles. The molecule has 0 aliphatic heterocycles. The summed E-state index contributed by atoms with van der Waals surface area (Å²) in [6.45, 7) is 1.87. The quantitative estimate of drug-likeness (QED) is 0.904. The third kappa shape index (κ3) is 4.36. The van der Waals surface area contributed by atoms with E-state index in [2.05, 4.69) is 5.32 Å². The van der Waals surface area contributed by atoms with Crippen molar-refractivity contribution in [2.24, 2.45) is 0 Å². The van der Waals surface area contributed by atoms with E-state index in [-0.39, 0.29) is 6.04 Å². The van der Waals surface area contributed by atoms with Crippen LogP contribution >= 0.6 is 0 Å². The lowest BCUT2D eigenvalue weighted by Gasteiger charge is -2.16. The number of hydrogen-bond donors (Lipinski definition) is 1. The van der Waals surface area contributed by atoms with Crippen LogP contribution < -0.4 is 5.32 Å². The molecular formula is C16H17F2NOS. The molecule has 0 saturated carbocycles. The molecule has 0 aliphatic carbocycles. The van der Waals surface area contributed by atoms with Gasteiger partial charge in [-0.3, -0.25) is 4.21 Å². The van der Waals surface area contributed by atoms with E-state index in [1.807, 2.05) is 31.2 Å². The second kappa shape index (κ2) is 6.80. The topological polar surface area (TPSA) is 29.1 Å². The molecule has 112 valence electrons. The van der Waals surface area contributed by atoms with E-state index in [4.69, 9.17) is 0 Å². The van der Waals surface area contributed by atoms with E-state index in [1.165, 1.54) is 6.07 Å². The van der Waals surface area contributed by atoms with Crippen molar-refractivity contribution in [3.8, 4) is 0 Å². The number of rotatable bonds is 5. The van der Waals surface area contributed by atoms with Crippen LogP contribution in [0.1, 0.15) is 24.1 Å². The number of anilines is 1. The first-order valence-electron chi connectivity index (χ1n) is 6.56. The molecule has 0 aromatic heterocycles. The van der Waals surface area contributed by atoms with Gasteiger partial charge in [0, 0.05) is 34.5 Å². The number of halogens is 2. The van der Waals surface area contributed by atoms with E-state index in [0.29, 0.717) is 11.3 Å². The first-order chi connectivity index (χ1) is 9.95. The Labute approximate surface area is 125 Å². The third-order valence-corrected chi connectivity index (χ3v) is 3.86. The smallest absolute Gasteiger partial charge is 0.159 e. The molecule has 21 heavy (non-hydrogen) atoms. The summed E-state index contributed by atoms with van der Waals surface area (Å²) in [7, 11) is -0.898. The summed E-state index contributed by atoms with van der Waals surface area (Å²) < 4.78 is 37.4. The first kappa shape index (κ1) is 15.6. The van der Waals surface area contributed by atoms with Crippen molar-refractivity contribution in [2.45, 2.75) is 18.7 Å². The Morgan fingerprint density at radius 3 is 2.57 bits per heavy atom. The van der Waals surface area contributed by atoms with Gasteiger partial charge in [-0.15, -0.1) is 0 Å². The van der Waals surface area contributed by atoms with E-state index in [1.54, 1.807) is 12.3 Å². The highest BCUT2D eigenvalue weighted by Crippen LogP contribution is 2.22. The molecule has 0 heterocycles. The molecule has 1 N–H and O–H groups in total. The van der Waals surface area contributed by atoms with Crippen molar-refractivity contribution < 1.29 is 13.0 Å². The van der Waals surface area contributed by atoms with Gasteiger partial charge < -0.3 is 5.32 Å². The van der Waals surface area contributed by atoms with Crippen LogP contribution in [0.2, 0.25) is 0 Å². The van der Waals surface area contributed by atoms with E-state index in [9.17, 15) is 13.0 Å². The van der Waals surface area contributed by atoms with Gasteiger partial charge >= 0.3 is 0 Å². The lowest BCUT2D eigenvalue weighted by molar-refractivity contribution is 0.506. The molecule has 0 bridgehead atoms. The molecule has 0 saturated heterocycles. The van der Waals surface area contributed by atoms with Crippen molar-refractivity contribution in [3.05, 3.63) is 65.2 Å². The van der Waals surface area contributed by atoms with Crippen LogP contribution in [0.15, 0.2) is 42.5 Å². The van der Waals surface area contributed by atoms with Crippen molar-refractivity contribution in [1.29, 1.82) is 0 Å². The minimum Gasteiger partial charge on any atom is -0.379 e. The van der Waals surface area contributed by atoms with Crippen LogP contribution in [0.5, 0.6) is 0 Å². The van der Waals surface area contributed by atoms with Gasteiger partial charge in [-0.25, -0.2) is 8.78 Å². The van der Waals surface area contributed by atoms with Gasteiger partial charge in [-0.1, -0.05) is 18.2 Å². The van der Waals surface area contributed by atoms with Gasteiger partial charge in [0.05, 0.1) is 0 Å². The lowest BCUT2D eigenvalue weighted by atomic mass is 10.1. The molecule has 0 radical (unpaired) electrons. The molecule has 0 fully saturated rings. The fourth-order valence-corrected chi connectivity index (χ4v) is 2.75. The molecule has 0 aliphatic rings. The Morgan fingerprint density at radius 1 is 1.14 bits per heavy atom. The highest BCUT2D eigenvalue weighted by molar-refractivity contribution is 7.83. The molecule has 0 unspecified atom stereocenters. The van der Waals surface area contributed by atoms with Crippen LogP contribution in [0.3, 0.4) is 0 Å². The average molecular weight is 309 g/mol. The van der Waals surface area contributed by atoms with Crippen molar-refractivity contribution in [3.63, 3.8) is 0 Å². The summed E-state index contributed by atoms with van der Waals surface area (Å²) in [5, 5.41) is 3.23. The van der Waals surface area contributed by atoms with Gasteiger partial charge in [0.15, 0.2) is 11.6 Å². The first-order valence-corrected chi connectivity index (χ1v) is 8.29. The van der Waals surface area contributed by atoms with Crippen molar-refractivity contribution in [2.75, 3.05) is 11.6 Å². The minimum atomic E-state index is -0.898. The Kier molecular flexibility index (Phi) is 5.07. The number of hydrogen-bond acceptors (Lipinski definition) is 2. The fourth-order valence-electron chi connectivity index (χ4n) is 2.10. The van der Waals surface area contributed by atoms with E-state index in [0.717, 1.165) is 17.3 Å². The zero-order valence-corrected chi connectivity index (χ0v) is 12.7. The highest BCUT2D eigenvalue weighted by atomic mass is 32.2. The molecular weight excluding hydrogens is 292 g/mol. The SMILES string of the molecule is C[C@@H](Nc1cccc(C[S@](C)=O)c1)c1ccc(F)c(F)c1. The molecule has 2 nitrogen and oxygen atoms in total. The predicted octanol–water partition coefficient (Wildman–Crippen LogP) is 4.02. The monoisotopic (exact) mass is 309 g/mol. The molecule has 2 atom stereocenters. The summed E-state index contributed by atoms with van der Waals surface area (Å²) in [5.41, 5.74) is 2.49. The Balaban J connectivity index is 2.13. The van der Waals surface area contributed by atoms with Crippen LogP contribution in [-0.4, -0.2) is 10.5 Å². The van der Waals surface area contributed by atoms with E-state index < -0.39 is 22.4 Å². The zero-order chi connectivity index (χ0) is 15.4. The van der Waals surface area contributed by atoms with Gasteiger partial charge in [0.25, 0.3) is 0 Å². The van der Waals surface area contributed by atoms with Gasteiger partial charge in [-0.2, -0.15) is 0 Å². The van der Waals surface area contributed by atoms with E-state index >= 15 is 0 Å². The van der Waals surface area contributed by atoms with Gasteiger partial charge in [-0.05, 0) is 42.3 Å². The summed E-state index contributed by atoms with van der Waals surface area (Å²) in [6.07, 6.45) is 1.66. The number of benzene rings is 2. The summed E-state index contributed by atoms with van der Waals surface area (Å²) in [4.78, 5) is 0. The fraction of sp³-hybridized carbons (Fsp3) is 0.250. The highest BCUT2D eigenvalue weighted by Gasteiger charge is 2.09. The zero-order valence-electron chi connectivity index (χ0n) is 11.9. The summed E-state index contributed by atoms with van der Waals surface area (Å²) in [6, 6.07) is 11.3. The average Bonchev–Trinajstić information content (AvgIpc) is 2.41. The Bertz CT molecular complexity index is 660. The van der Waals surface area contributed by atoms with Gasteiger partial charge in [0.2, 0.25) is 0 Å². The molecule has 2 aromatic rings. The van der Waals surface area contributed by atoms with Crippen molar-refractivity contribution in [1.82, 2.24) is 0 Å². The molecule has 0 spiro atoms. The normalized spacial score (nSPS) is 13.7. The van der Waals surface area contributed by atoms with Crippen LogP contribution in [0.4, 0.5) is 14.5 Å². The maximum absolute atomic E-state index is 13.2. The summed E-state index contributed by atoms with van der Waals surface area (Å²) in [5.74, 6) is -1.20. The van der Waals surface area contributed by atoms with Crippen LogP contribution in [0.25, 0.3) is 0 Å². The van der Waals surface area contributed by atoms with Crippen molar-refractivity contribution >= 4 is 16.5 Å². The standard InChI is InChI=1S/C16H17F2NOS/c1-11(13-6-7-15(17)16(18)9-13)19-14-5-3-4-12(8-14)10-21(2)20/h3-9,11,19H,10H2,1-2H3/t11-,21+/m1/s1. The molecule has 0 amide bonds. The molecule has 2 rings (SSSR count). The second-order valence-electron chi connectivity index (χ2n) is 4.96. The second-order valence-corrected chi connectivity index (χ2v) is 6.39. The number of nitrogens with one attached hydrogen (secondary N) is 1. The largest absolute Gasteiger partial charge is 0.379 e. The maximum Gasteiger partial charge on any atom is 0.159 e. The third-order valence-electron chi connectivity index (χ3n) is 3.12. The Morgan fingerprint density at radius 2 is 1.90 bits per heavy atom. The van der Waals surface area contributed by atoms with Gasteiger partial charge in [0.1, 0.15) is 0 Å². The van der Waals surface area contributed by atoms with Crippen LogP contribution in [0, 0.1) is 11.6 Å². The minimum absolute atomic E-state index is 0.164. The van der Waals surface area contributed by atoms with Crippen LogP contribution in [-0.2, 0) is 16.6 Å². The Hall–Kier alpha value is -1.75. The molecule has 5 heteroatoms. The maximum atomic E-state index is 13.2.